The van der Waals surface area contributed by atoms with Gasteiger partial charge in [0.15, 0.2) is 0 Å². The minimum atomic E-state index is -0.355. The molecule has 0 aromatic carbocycles. The van der Waals surface area contributed by atoms with Gasteiger partial charge in [0, 0.05) is 32.7 Å². The predicted octanol–water partition coefficient (Wildman–Crippen LogP) is 2.44. The van der Waals surface area contributed by atoms with Gasteiger partial charge < -0.3 is 15.3 Å². The van der Waals surface area contributed by atoms with Crippen molar-refractivity contribution in [3.05, 3.63) is 0 Å². The molecule has 0 aromatic rings. The lowest BCUT2D eigenvalue weighted by Gasteiger charge is -2.31. The van der Waals surface area contributed by atoms with E-state index in [-0.39, 0.29) is 12.1 Å². The summed E-state index contributed by atoms with van der Waals surface area (Å²) < 4.78 is 0. The molecule has 0 bridgehead atoms. The van der Waals surface area contributed by atoms with Gasteiger partial charge in [0.2, 0.25) is 0 Å². The van der Waals surface area contributed by atoms with Crippen molar-refractivity contribution in [3.8, 4) is 0 Å². The summed E-state index contributed by atoms with van der Waals surface area (Å²) in [5, 5.41) is 12.4. The first-order chi connectivity index (χ1) is 11.1. The fourth-order valence-electron chi connectivity index (χ4n) is 3.89. The van der Waals surface area contributed by atoms with Gasteiger partial charge in [0.1, 0.15) is 0 Å². The summed E-state index contributed by atoms with van der Waals surface area (Å²) in [7, 11) is 1.80. The molecule has 5 heteroatoms. The van der Waals surface area contributed by atoms with Crippen molar-refractivity contribution >= 4 is 6.03 Å². The highest BCUT2D eigenvalue weighted by Gasteiger charge is 2.27. The Morgan fingerprint density at radius 2 is 2.00 bits per heavy atom. The van der Waals surface area contributed by atoms with Crippen LogP contribution >= 0.6 is 0 Å². The summed E-state index contributed by atoms with van der Waals surface area (Å²) in [6, 6.07) is 0.487. The molecule has 23 heavy (non-hydrogen) atoms. The highest BCUT2D eigenvalue weighted by Crippen LogP contribution is 2.27. The van der Waals surface area contributed by atoms with Crippen LogP contribution < -0.4 is 5.32 Å². The number of carbonyl (C=O) groups is 1. The molecule has 1 aliphatic heterocycles. The number of likely N-dealkylation sites (tertiary alicyclic amines) is 1. The van der Waals surface area contributed by atoms with Crippen LogP contribution in [0.4, 0.5) is 4.79 Å². The second-order valence-electron chi connectivity index (χ2n) is 7.54. The topological polar surface area (TPSA) is 55.8 Å². The minimum absolute atomic E-state index is 0.0184. The monoisotopic (exact) mass is 325 g/mol. The Morgan fingerprint density at radius 1 is 1.26 bits per heavy atom. The van der Waals surface area contributed by atoms with Gasteiger partial charge in [0.05, 0.1) is 6.10 Å². The maximum absolute atomic E-state index is 12.1. The molecule has 1 saturated carbocycles. The third-order valence-corrected chi connectivity index (χ3v) is 5.43. The molecule has 2 aliphatic rings. The van der Waals surface area contributed by atoms with E-state index in [1.807, 2.05) is 0 Å². The lowest BCUT2D eigenvalue weighted by molar-refractivity contribution is 0.159. The van der Waals surface area contributed by atoms with Crippen molar-refractivity contribution in [2.45, 2.75) is 70.4 Å². The summed E-state index contributed by atoms with van der Waals surface area (Å²) in [4.78, 5) is 16.4. The molecule has 0 spiro atoms. The summed E-state index contributed by atoms with van der Waals surface area (Å²) in [5.41, 5.74) is 0. The van der Waals surface area contributed by atoms with Gasteiger partial charge >= 0.3 is 6.03 Å². The molecule has 2 rings (SSSR count). The van der Waals surface area contributed by atoms with E-state index in [1.54, 1.807) is 18.9 Å². The van der Waals surface area contributed by atoms with E-state index in [0.29, 0.717) is 19.0 Å². The molecule has 2 N–H and O–H groups in total. The van der Waals surface area contributed by atoms with Crippen LogP contribution in [-0.4, -0.2) is 66.3 Å². The number of nitrogens with one attached hydrogen (secondary N) is 1. The van der Waals surface area contributed by atoms with Crippen molar-refractivity contribution in [1.29, 1.82) is 0 Å². The van der Waals surface area contributed by atoms with E-state index in [0.717, 1.165) is 12.5 Å². The molecular weight excluding hydrogens is 290 g/mol. The lowest BCUT2D eigenvalue weighted by Crippen LogP contribution is -2.46. The van der Waals surface area contributed by atoms with E-state index < -0.39 is 0 Å². The van der Waals surface area contributed by atoms with Gasteiger partial charge in [-0.25, -0.2) is 4.79 Å². The maximum atomic E-state index is 12.1. The standard InChI is InChI=1S/C18H35N3O2/c1-15(22)10-12-20(2)18(23)19-13-17-9-6-11-21(17)14-16-7-4-3-5-8-16/h15-17,22H,3-14H2,1-2H3,(H,19,23). The number of rotatable bonds is 7. The van der Waals surface area contributed by atoms with Gasteiger partial charge in [-0.15, -0.1) is 0 Å². The fraction of sp³-hybridized carbons (Fsp3) is 0.944. The van der Waals surface area contributed by atoms with Crippen LogP contribution in [0.5, 0.6) is 0 Å². The average Bonchev–Trinajstić information content (AvgIpc) is 2.98. The highest BCUT2D eigenvalue weighted by molar-refractivity contribution is 5.73. The summed E-state index contributed by atoms with van der Waals surface area (Å²) in [6.07, 6.45) is 9.70. The van der Waals surface area contributed by atoms with Gasteiger partial charge in [-0.2, -0.15) is 0 Å². The van der Waals surface area contributed by atoms with E-state index in [9.17, 15) is 9.90 Å². The molecule has 1 saturated heterocycles. The van der Waals surface area contributed by atoms with Gasteiger partial charge in [-0.05, 0) is 51.5 Å². The second kappa shape index (κ2) is 9.48. The number of urea groups is 1. The van der Waals surface area contributed by atoms with Crippen LogP contribution in [0.3, 0.4) is 0 Å². The first-order valence-corrected chi connectivity index (χ1v) is 9.47. The highest BCUT2D eigenvalue weighted by atomic mass is 16.3. The number of aliphatic hydroxyl groups excluding tert-OH is 1. The molecule has 134 valence electrons. The Kier molecular flexibility index (Phi) is 7.63. The maximum Gasteiger partial charge on any atom is 0.317 e. The van der Waals surface area contributed by atoms with Crippen molar-refractivity contribution < 1.29 is 9.90 Å². The zero-order valence-electron chi connectivity index (χ0n) is 15.0. The molecule has 1 aliphatic carbocycles. The molecule has 2 atom stereocenters. The summed E-state index contributed by atoms with van der Waals surface area (Å²) in [5.74, 6) is 0.869. The largest absolute Gasteiger partial charge is 0.393 e. The first-order valence-electron chi connectivity index (χ1n) is 9.47. The Bertz CT molecular complexity index is 356. The number of hydrogen-bond acceptors (Lipinski definition) is 3. The fourth-order valence-corrected chi connectivity index (χ4v) is 3.89. The van der Waals surface area contributed by atoms with E-state index in [4.69, 9.17) is 0 Å². The molecule has 1 heterocycles. The first kappa shape index (κ1) is 18.5. The van der Waals surface area contributed by atoms with Crippen LogP contribution in [0.1, 0.15) is 58.3 Å². The molecule has 5 nitrogen and oxygen atoms in total. The third kappa shape index (κ3) is 6.30. The van der Waals surface area contributed by atoms with Crippen molar-refractivity contribution in [2.75, 3.05) is 33.2 Å². The number of amides is 2. The average molecular weight is 325 g/mol. The Balaban J connectivity index is 1.69. The second-order valence-corrected chi connectivity index (χ2v) is 7.54. The van der Waals surface area contributed by atoms with Gasteiger partial charge in [0.25, 0.3) is 0 Å². The van der Waals surface area contributed by atoms with Crippen LogP contribution in [0.2, 0.25) is 0 Å². The number of nitrogens with zero attached hydrogens (tertiary/aromatic N) is 2. The van der Waals surface area contributed by atoms with Gasteiger partial charge in [-0.3, -0.25) is 4.90 Å². The normalized spacial score (nSPS) is 24.6. The van der Waals surface area contributed by atoms with E-state index in [1.165, 1.54) is 58.0 Å². The van der Waals surface area contributed by atoms with Crippen molar-refractivity contribution in [2.24, 2.45) is 5.92 Å². The van der Waals surface area contributed by atoms with E-state index >= 15 is 0 Å². The van der Waals surface area contributed by atoms with Crippen LogP contribution in [0.25, 0.3) is 0 Å². The lowest BCUT2D eigenvalue weighted by atomic mass is 9.89. The number of carbonyl (C=O) groups excluding carboxylic acids is 1. The van der Waals surface area contributed by atoms with Crippen LogP contribution in [0, 0.1) is 5.92 Å². The summed E-state index contributed by atoms with van der Waals surface area (Å²) in [6.45, 7) is 5.52. The van der Waals surface area contributed by atoms with E-state index in [2.05, 4.69) is 10.2 Å². The molecule has 2 fully saturated rings. The van der Waals surface area contributed by atoms with Gasteiger partial charge in [-0.1, -0.05) is 19.3 Å². The predicted molar refractivity (Wildman–Crippen MR) is 93.5 cm³/mol. The van der Waals surface area contributed by atoms with Crippen molar-refractivity contribution in [1.82, 2.24) is 15.1 Å². The number of hydrogen-bond donors (Lipinski definition) is 2. The smallest absolute Gasteiger partial charge is 0.317 e. The Hall–Kier alpha value is -0.810. The zero-order chi connectivity index (χ0) is 16.7. The Morgan fingerprint density at radius 3 is 2.70 bits per heavy atom. The van der Waals surface area contributed by atoms with Crippen LogP contribution in [-0.2, 0) is 0 Å². The zero-order valence-corrected chi connectivity index (χ0v) is 15.0. The molecule has 0 radical (unpaired) electrons. The quantitative estimate of drug-likeness (QED) is 0.756. The molecular formula is C18H35N3O2. The third-order valence-electron chi connectivity index (χ3n) is 5.43. The molecule has 2 amide bonds. The SMILES string of the molecule is CC(O)CCN(C)C(=O)NCC1CCCN1CC1CCCCC1. The van der Waals surface area contributed by atoms with Crippen molar-refractivity contribution in [3.63, 3.8) is 0 Å². The summed E-state index contributed by atoms with van der Waals surface area (Å²) >= 11 is 0. The number of aliphatic hydroxyl groups is 1. The minimum Gasteiger partial charge on any atom is -0.393 e. The molecule has 0 aromatic heterocycles. The van der Waals surface area contributed by atoms with Crippen LogP contribution in [0.15, 0.2) is 0 Å². The molecule has 2 unspecified atom stereocenters. The Labute approximate surface area is 141 Å².